The van der Waals surface area contributed by atoms with Crippen molar-refractivity contribution >= 4 is 18.4 Å². The van der Waals surface area contributed by atoms with Gasteiger partial charge in [0.05, 0.1) is 6.33 Å². The Kier molecular flexibility index (Phi) is 4.60. The summed E-state index contributed by atoms with van der Waals surface area (Å²) < 4.78 is 12.8. The third-order valence-corrected chi connectivity index (χ3v) is 2.82. The number of H-pyrrole nitrogens is 1. The molecular weight excluding hydrogens is 257 g/mol. The number of anilines is 1. The second-order valence-electron chi connectivity index (χ2n) is 4.12. The van der Waals surface area contributed by atoms with E-state index in [-0.39, 0.29) is 5.82 Å². The number of nitrogens with one attached hydrogen (secondary N) is 2. The highest BCUT2D eigenvalue weighted by molar-refractivity contribution is 6.03. The van der Waals surface area contributed by atoms with Gasteiger partial charge in [0, 0.05) is 13.6 Å². The van der Waals surface area contributed by atoms with Crippen LogP contribution in [0.5, 0.6) is 0 Å². The Hall–Kier alpha value is -2.50. The molecule has 0 atom stereocenters. The van der Waals surface area contributed by atoms with Crippen LogP contribution in [0.2, 0.25) is 0 Å². The van der Waals surface area contributed by atoms with E-state index in [9.17, 15) is 4.39 Å². The second kappa shape index (κ2) is 6.60. The van der Waals surface area contributed by atoms with Crippen molar-refractivity contribution in [3.63, 3.8) is 0 Å². The lowest BCUT2D eigenvalue weighted by Crippen LogP contribution is -2.04. The molecule has 0 radical (unpaired) electrons. The highest BCUT2D eigenvalue weighted by Crippen LogP contribution is 2.11. The number of imidazole rings is 1. The van der Waals surface area contributed by atoms with Crippen LogP contribution in [-0.2, 0) is 6.42 Å². The first-order valence-electron chi connectivity index (χ1n) is 6.21. The molecule has 104 valence electrons. The summed E-state index contributed by atoms with van der Waals surface area (Å²) in [5.41, 5.74) is 1.73. The van der Waals surface area contributed by atoms with Gasteiger partial charge in [0.2, 0.25) is 0 Å². The van der Waals surface area contributed by atoms with Crippen LogP contribution in [0, 0.1) is 5.82 Å². The molecule has 0 amide bonds. The number of hydrogen-bond acceptors (Lipinski definition) is 3. The number of nitrogens with zero attached hydrogens (tertiary/aromatic N) is 3. The summed E-state index contributed by atoms with van der Waals surface area (Å²) in [7, 11) is 1.78. The number of aromatic nitrogens is 2. The zero-order valence-electron chi connectivity index (χ0n) is 11.2. The van der Waals surface area contributed by atoms with Crippen LogP contribution in [0.1, 0.15) is 11.3 Å². The van der Waals surface area contributed by atoms with E-state index in [1.807, 2.05) is 0 Å². The van der Waals surface area contributed by atoms with Crippen LogP contribution in [0.4, 0.5) is 10.2 Å². The average molecular weight is 273 g/mol. The van der Waals surface area contributed by atoms with E-state index in [1.165, 1.54) is 12.1 Å². The van der Waals surface area contributed by atoms with Gasteiger partial charge in [-0.25, -0.2) is 14.4 Å². The first-order valence-corrected chi connectivity index (χ1v) is 6.21. The zero-order valence-corrected chi connectivity index (χ0v) is 11.2. The lowest BCUT2D eigenvalue weighted by Gasteiger charge is -2.02. The first kappa shape index (κ1) is 13.9. The van der Waals surface area contributed by atoms with Gasteiger partial charge < -0.3 is 10.3 Å². The van der Waals surface area contributed by atoms with Crippen molar-refractivity contribution in [2.24, 2.45) is 9.98 Å². The Morgan fingerprint density at radius 2 is 2.15 bits per heavy atom. The number of aromatic amines is 1. The van der Waals surface area contributed by atoms with Gasteiger partial charge in [0.1, 0.15) is 11.5 Å². The quantitative estimate of drug-likeness (QED) is 0.648. The number of hydrogen-bond donors (Lipinski definition) is 2. The van der Waals surface area contributed by atoms with Crippen LogP contribution >= 0.6 is 0 Å². The summed E-state index contributed by atoms with van der Waals surface area (Å²) in [6.45, 7) is 4.07. The number of halogens is 1. The Bertz CT molecular complexity index is 600. The monoisotopic (exact) mass is 273 g/mol. The normalized spacial score (nSPS) is 11.4. The smallest absolute Gasteiger partial charge is 0.174 e. The minimum absolute atomic E-state index is 0.234. The Morgan fingerprint density at radius 1 is 1.40 bits per heavy atom. The molecule has 1 heterocycles. The number of benzene rings is 1. The maximum Gasteiger partial charge on any atom is 0.174 e. The molecule has 0 saturated heterocycles. The zero-order chi connectivity index (χ0) is 14.4. The minimum Gasteiger partial charge on any atom is -0.371 e. The highest BCUT2D eigenvalue weighted by Gasteiger charge is 2.09. The Labute approximate surface area is 116 Å². The molecule has 20 heavy (non-hydrogen) atoms. The third kappa shape index (κ3) is 3.28. The summed E-state index contributed by atoms with van der Waals surface area (Å²) >= 11 is 0. The molecule has 2 N–H and O–H groups in total. The molecule has 0 unspecified atom stereocenters. The van der Waals surface area contributed by atoms with Gasteiger partial charge in [-0.3, -0.25) is 4.99 Å². The van der Waals surface area contributed by atoms with E-state index in [0.29, 0.717) is 30.3 Å². The predicted octanol–water partition coefficient (Wildman–Crippen LogP) is 2.28. The van der Waals surface area contributed by atoms with Crippen molar-refractivity contribution in [1.82, 2.24) is 9.97 Å². The first-order chi connectivity index (χ1) is 9.74. The van der Waals surface area contributed by atoms with Gasteiger partial charge in [-0.1, -0.05) is 12.1 Å². The molecule has 5 nitrogen and oxygen atoms in total. The fraction of sp³-hybridized carbons (Fsp3) is 0.214. The Balaban J connectivity index is 2.05. The van der Waals surface area contributed by atoms with E-state index in [0.717, 1.165) is 5.56 Å². The summed E-state index contributed by atoms with van der Waals surface area (Å²) in [5.74, 6) is 0.953. The van der Waals surface area contributed by atoms with E-state index >= 15 is 0 Å². The Morgan fingerprint density at radius 3 is 2.80 bits per heavy atom. The van der Waals surface area contributed by atoms with Crippen LogP contribution in [0.25, 0.3) is 0 Å². The van der Waals surface area contributed by atoms with E-state index < -0.39 is 0 Å². The summed E-state index contributed by atoms with van der Waals surface area (Å²) in [6.07, 6.45) is 2.28. The number of amidine groups is 1. The van der Waals surface area contributed by atoms with Crippen LogP contribution in [-0.4, -0.2) is 36.1 Å². The summed E-state index contributed by atoms with van der Waals surface area (Å²) in [5, 5.41) is 2.95. The molecule has 0 bridgehead atoms. The summed E-state index contributed by atoms with van der Waals surface area (Å²) in [4.78, 5) is 15.4. The largest absolute Gasteiger partial charge is 0.371 e. The maximum absolute atomic E-state index is 12.8. The lowest BCUT2D eigenvalue weighted by atomic mass is 10.1. The van der Waals surface area contributed by atoms with E-state index in [1.54, 1.807) is 25.5 Å². The van der Waals surface area contributed by atoms with Crippen LogP contribution < -0.4 is 5.32 Å². The number of rotatable bonds is 5. The molecule has 0 aliphatic carbocycles. The summed E-state index contributed by atoms with van der Waals surface area (Å²) in [6, 6.07) is 6.39. The molecule has 2 rings (SSSR count). The molecule has 1 aromatic carbocycles. The number of aliphatic imine (C=N–C) groups is 2. The van der Waals surface area contributed by atoms with Gasteiger partial charge in [-0.05, 0) is 30.8 Å². The molecule has 0 saturated carbocycles. The fourth-order valence-corrected chi connectivity index (χ4v) is 1.80. The standard InChI is InChI=1S/C14H16FN5/c1-16-13(12-14(17-2)20-9-19-12)18-8-7-10-3-5-11(15)6-4-10/h3-6,9,17H,1,7-8H2,2H3,(H,19,20). The van der Waals surface area contributed by atoms with Crippen molar-refractivity contribution in [2.75, 3.05) is 18.9 Å². The van der Waals surface area contributed by atoms with Crippen molar-refractivity contribution in [3.8, 4) is 0 Å². The fourth-order valence-electron chi connectivity index (χ4n) is 1.80. The molecule has 0 aliphatic rings. The van der Waals surface area contributed by atoms with Gasteiger partial charge in [-0.2, -0.15) is 0 Å². The van der Waals surface area contributed by atoms with Crippen molar-refractivity contribution in [1.29, 1.82) is 0 Å². The van der Waals surface area contributed by atoms with Crippen molar-refractivity contribution in [3.05, 3.63) is 47.7 Å². The van der Waals surface area contributed by atoms with E-state index in [4.69, 9.17) is 0 Å². The van der Waals surface area contributed by atoms with Gasteiger partial charge in [0.15, 0.2) is 11.7 Å². The molecule has 6 heteroatoms. The van der Waals surface area contributed by atoms with Crippen LogP contribution in [0.15, 0.2) is 40.6 Å². The molecular formula is C14H16FN5. The minimum atomic E-state index is -0.234. The molecule has 2 aromatic rings. The molecule has 0 spiro atoms. The van der Waals surface area contributed by atoms with Crippen LogP contribution in [0.3, 0.4) is 0 Å². The predicted molar refractivity (Wildman–Crippen MR) is 79.2 cm³/mol. The third-order valence-electron chi connectivity index (χ3n) is 2.82. The average Bonchev–Trinajstić information content (AvgIpc) is 2.94. The lowest BCUT2D eigenvalue weighted by molar-refractivity contribution is 0.627. The maximum atomic E-state index is 12.8. The van der Waals surface area contributed by atoms with Gasteiger partial charge in [0.25, 0.3) is 0 Å². The molecule has 0 aliphatic heterocycles. The van der Waals surface area contributed by atoms with Crippen molar-refractivity contribution in [2.45, 2.75) is 6.42 Å². The molecule has 0 fully saturated rings. The second-order valence-corrected chi connectivity index (χ2v) is 4.12. The van der Waals surface area contributed by atoms with Gasteiger partial charge >= 0.3 is 0 Å². The molecule has 1 aromatic heterocycles. The highest BCUT2D eigenvalue weighted by atomic mass is 19.1. The van der Waals surface area contributed by atoms with Crippen molar-refractivity contribution < 1.29 is 4.39 Å². The SMILES string of the molecule is C=NC(=NCCc1ccc(F)cc1)c1[nH]cnc1NC. The topological polar surface area (TPSA) is 65.4 Å². The van der Waals surface area contributed by atoms with E-state index in [2.05, 4.69) is 32.0 Å². The van der Waals surface area contributed by atoms with Gasteiger partial charge in [-0.15, -0.1) is 0 Å².